The molecule has 0 aliphatic rings. The highest BCUT2D eigenvalue weighted by Crippen LogP contribution is 2.36. The summed E-state index contributed by atoms with van der Waals surface area (Å²) in [4.78, 5) is 23.4. The Morgan fingerprint density at radius 1 is 1.07 bits per heavy atom. The number of ketones is 1. The van der Waals surface area contributed by atoms with E-state index in [-0.39, 0.29) is 12.8 Å². The van der Waals surface area contributed by atoms with Gasteiger partial charge in [-0.1, -0.05) is 30.3 Å². The Bertz CT molecular complexity index is 622. The maximum atomic E-state index is 13.2. The first-order valence-electron chi connectivity index (χ1n) is 8.53. The number of aliphatic hydroxyl groups is 1. The Morgan fingerprint density at radius 3 is 2.19 bits per heavy atom. The maximum absolute atomic E-state index is 13.2. The Balaban J connectivity index is 2.60. The Morgan fingerprint density at radius 2 is 1.67 bits per heavy atom. The van der Waals surface area contributed by atoms with Crippen molar-refractivity contribution >= 4 is 11.9 Å². The van der Waals surface area contributed by atoms with E-state index < -0.39 is 48.8 Å². The molecule has 0 radical (unpaired) electrons. The van der Waals surface area contributed by atoms with Crippen LogP contribution in [0.15, 0.2) is 30.3 Å². The zero-order valence-electron chi connectivity index (χ0n) is 15.6. The second-order valence-corrected chi connectivity index (χ2v) is 7.29. The lowest BCUT2D eigenvalue weighted by atomic mass is 9.91. The molecular weight excluding hydrogens is 365 g/mol. The van der Waals surface area contributed by atoms with Gasteiger partial charge in [0.05, 0.1) is 6.61 Å². The van der Waals surface area contributed by atoms with Crippen LogP contribution in [-0.2, 0) is 20.7 Å². The number of alkyl halides is 3. The Labute approximate surface area is 156 Å². The smallest absolute Gasteiger partial charge is 0.434 e. The summed E-state index contributed by atoms with van der Waals surface area (Å²) in [7, 11) is 0. The summed E-state index contributed by atoms with van der Waals surface area (Å²) in [6.07, 6.45) is -8.07. The predicted molar refractivity (Wildman–Crippen MR) is 92.2 cm³/mol. The van der Waals surface area contributed by atoms with Crippen molar-refractivity contribution in [2.24, 2.45) is 0 Å². The molecule has 0 amide bonds. The third kappa shape index (κ3) is 8.43. The molecule has 0 aliphatic heterocycles. The van der Waals surface area contributed by atoms with Crippen LogP contribution < -0.4 is 0 Å². The lowest BCUT2D eigenvalue weighted by Crippen LogP contribution is -2.48. The maximum Gasteiger partial charge on any atom is 0.508 e. The molecule has 0 aromatic heterocycles. The lowest BCUT2D eigenvalue weighted by Gasteiger charge is -2.30. The van der Waals surface area contributed by atoms with E-state index in [0.717, 1.165) is 5.56 Å². The summed E-state index contributed by atoms with van der Waals surface area (Å²) >= 11 is 0. The third-order valence-electron chi connectivity index (χ3n) is 3.68. The molecule has 152 valence electrons. The molecule has 1 aromatic rings. The van der Waals surface area contributed by atoms with E-state index in [0.29, 0.717) is 0 Å². The van der Waals surface area contributed by atoms with E-state index >= 15 is 0 Å². The fourth-order valence-corrected chi connectivity index (χ4v) is 2.26. The van der Waals surface area contributed by atoms with E-state index in [4.69, 9.17) is 4.74 Å². The van der Waals surface area contributed by atoms with Crippen molar-refractivity contribution in [2.45, 2.75) is 63.8 Å². The number of rotatable bonds is 8. The van der Waals surface area contributed by atoms with Crippen LogP contribution in [-0.4, -0.2) is 41.0 Å². The Hall–Kier alpha value is -2.09. The molecule has 8 heteroatoms. The largest absolute Gasteiger partial charge is 0.508 e. The van der Waals surface area contributed by atoms with Crippen molar-refractivity contribution in [3.8, 4) is 0 Å². The van der Waals surface area contributed by atoms with Crippen LogP contribution in [0.5, 0.6) is 0 Å². The van der Waals surface area contributed by atoms with E-state index in [1.807, 2.05) is 0 Å². The minimum atomic E-state index is -5.04. The molecule has 0 saturated heterocycles. The monoisotopic (exact) mass is 390 g/mol. The van der Waals surface area contributed by atoms with E-state index in [9.17, 15) is 27.9 Å². The van der Waals surface area contributed by atoms with Gasteiger partial charge in [0.25, 0.3) is 0 Å². The highest BCUT2D eigenvalue weighted by Gasteiger charge is 2.54. The standard InChI is InChI=1S/C19H25F3O5/c1-17(2,3)27-16(24)26-12-11-18(25,19(20,21)22)13-15(23)10-9-14-7-5-4-6-8-14/h4-8,25H,9-13H2,1-3H3. The molecule has 0 bridgehead atoms. The summed E-state index contributed by atoms with van der Waals surface area (Å²) in [5.41, 5.74) is -3.30. The topological polar surface area (TPSA) is 72.8 Å². The number of hydrogen-bond donors (Lipinski definition) is 1. The van der Waals surface area contributed by atoms with Gasteiger partial charge >= 0.3 is 12.3 Å². The van der Waals surface area contributed by atoms with Crippen molar-refractivity contribution in [3.05, 3.63) is 35.9 Å². The molecule has 5 nitrogen and oxygen atoms in total. The number of halogens is 3. The van der Waals surface area contributed by atoms with Crippen molar-refractivity contribution in [1.29, 1.82) is 0 Å². The molecule has 1 N–H and O–H groups in total. The zero-order valence-corrected chi connectivity index (χ0v) is 15.6. The average Bonchev–Trinajstić information content (AvgIpc) is 2.51. The number of carbonyl (C=O) groups is 2. The molecule has 0 spiro atoms. The molecule has 0 saturated carbocycles. The molecule has 1 atom stereocenters. The van der Waals surface area contributed by atoms with Crippen LogP contribution >= 0.6 is 0 Å². The number of aryl methyl sites for hydroxylation is 1. The van der Waals surface area contributed by atoms with Crippen molar-refractivity contribution < 1.29 is 37.3 Å². The second-order valence-electron chi connectivity index (χ2n) is 7.29. The summed E-state index contributed by atoms with van der Waals surface area (Å²) < 4.78 is 49.2. The predicted octanol–water partition coefficient (Wildman–Crippen LogP) is 4.21. The molecular formula is C19H25F3O5. The number of Topliss-reactive ketones (excluding diaryl/α,β-unsaturated/α-hetero) is 1. The highest BCUT2D eigenvalue weighted by atomic mass is 19.4. The van der Waals surface area contributed by atoms with E-state index in [1.165, 1.54) is 0 Å². The molecule has 0 heterocycles. The number of hydrogen-bond acceptors (Lipinski definition) is 5. The molecule has 1 unspecified atom stereocenters. The normalized spacial score (nSPS) is 14.3. The molecule has 1 rings (SSSR count). The SMILES string of the molecule is CC(C)(C)OC(=O)OCCC(O)(CC(=O)CCc1ccccc1)C(F)(F)F. The van der Waals surface area contributed by atoms with Crippen LogP contribution in [0, 0.1) is 0 Å². The summed E-state index contributed by atoms with van der Waals surface area (Å²) in [5.74, 6) is -0.726. The van der Waals surface area contributed by atoms with Gasteiger partial charge in [0.15, 0.2) is 5.60 Å². The first kappa shape index (κ1) is 23.0. The number of ether oxygens (including phenoxy) is 2. The molecule has 27 heavy (non-hydrogen) atoms. The lowest BCUT2D eigenvalue weighted by molar-refractivity contribution is -0.265. The van der Waals surface area contributed by atoms with E-state index in [2.05, 4.69) is 4.74 Å². The van der Waals surface area contributed by atoms with Crippen LogP contribution in [0.2, 0.25) is 0 Å². The third-order valence-corrected chi connectivity index (χ3v) is 3.68. The average molecular weight is 390 g/mol. The van der Waals surface area contributed by atoms with Gasteiger partial charge in [-0.15, -0.1) is 0 Å². The van der Waals surface area contributed by atoms with Crippen LogP contribution in [0.25, 0.3) is 0 Å². The van der Waals surface area contributed by atoms with Crippen molar-refractivity contribution in [3.63, 3.8) is 0 Å². The van der Waals surface area contributed by atoms with Gasteiger partial charge in [-0.2, -0.15) is 13.2 Å². The summed E-state index contributed by atoms with van der Waals surface area (Å²) in [6, 6.07) is 8.84. The van der Waals surface area contributed by atoms with Gasteiger partial charge < -0.3 is 14.6 Å². The van der Waals surface area contributed by atoms with Crippen LogP contribution in [0.4, 0.5) is 18.0 Å². The second kappa shape index (κ2) is 9.21. The number of carbonyl (C=O) groups excluding carboxylic acids is 2. The van der Waals surface area contributed by atoms with Gasteiger partial charge in [0, 0.05) is 19.3 Å². The zero-order chi connectivity index (χ0) is 20.7. The molecule has 0 fully saturated rings. The van der Waals surface area contributed by atoms with Gasteiger partial charge in [-0.3, -0.25) is 4.79 Å². The molecule has 1 aromatic carbocycles. The van der Waals surface area contributed by atoms with Gasteiger partial charge in [0.2, 0.25) is 0 Å². The van der Waals surface area contributed by atoms with Crippen molar-refractivity contribution in [2.75, 3.05) is 6.61 Å². The minimum Gasteiger partial charge on any atom is -0.434 e. The van der Waals surface area contributed by atoms with Crippen LogP contribution in [0.3, 0.4) is 0 Å². The van der Waals surface area contributed by atoms with Gasteiger partial charge in [0.1, 0.15) is 11.4 Å². The Kier molecular flexibility index (Phi) is 7.83. The van der Waals surface area contributed by atoms with E-state index in [1.54, 1.807) is 51.1 Å². The van der Waals surface area contributed by atoms with Gasteiger partial charge in [-0.25, -0.2) is 4.79 Å². The highest BCUT2D eigenvalue weighted by molar-refractivity contribution is 5.79. The minimum absolute atomic E-state index is 0.130. The van der Waals surface area contributed by atoms with Gasteiger partial charge in [-0.05, 0) is 32.8 Å². The first-order chi connectivity index (χ1) is 12.3. The van der Waals surface area contributed by atoms with Crippen LogP contribution in [0.1, 0.15) is 45.6 Å². The summed E-state index contributed by atoms with van der Waals surface area (Å²) in [5, 5.41) is 9.98. The quantitative estimate of drug-likeness (QED) is 0.673. The summed E-state index contributed by atoms with van der Waals surface area (Å²) in [6.45, 7) is 4.00. The fraction of sp³-hybridized carbons (Fsp3) is 0.579. The van der Waals surface area contributed by atoms with Crippen molar-refractivity contribution in [1.82, 2.24) is 0 Å². The first-order valence-corrected chi connectivity index (χ1v) is 8.53. The fourth-order valence-electron chi connectivity index (χ4n) is 2.26. The molecule has 0 aliphatic carbocycles. The number of benzene rings is 1.